The fraction of sp³-hybridized carbons (Fsp3) is 0.917. The lowest BCUT2D eigenvalue weighted by Gasteiger charge is -2.51. The number of ether oxygens (including phenoxy) is 1. The van der Waals surface area contributed by atoms with Gasteiger partial charge in [-0.15, -0.1) is 0 Å². The summed E-state index contributed by atoms with van der Waals surface area (Å²) in [6.45, 7) is 10.5. The fourth-order valence-corrected chi connectivity index (χ4v) is 2.11. The van der Waals surface area contributed by atoms with E-state index in [1.807, 2.05) is 20.8 Å². The van der Waals surface area contributed by atoms with Crippen molar-refractivity contribution < 1.29 is 9.53 Å². The van der Waals surface area contributed by atoms with E-state index in [9.17, 15) is 4.79 Å². The molecule has 1 rings (SSSR count). The molecule has 1 amide bonds. The third-order valence-corrected chi connectivity index (χ3v) is 3.45. The van der Waals surface area contributed by atoms with E-state index in [4.69, 9.17) is 10.5 Å². The van der Waals surface area contributed by atoms with Crippen molar-refractivity contribution in [2.75, 3.05) is 6.54 Å². The Bertz CT molecular complexity index is 269. The molecule has 0 spiro atoms. The molecule has 2 unspecified atom stereocenters. The number of carbonyl (C=O) groups is 1. The first-order chi connectivity index (χ1) is 7.16. The first-order valence-electron chi connectivity index (χ1n) is 5.86. The largest absolute Gasteiger partial charge is 0.444 e. The molecule has 0 aromatic carbocycles. The highest BCUT2D eigenvalue weighted by Crippen LogP contribution is 2.45. The lowest BCUT2D eigenvalue weighted by atomic mass is 9.58. The van der Waals surface area contributed by atoms with Crippen LogP contribution in [0, 0.1) is 11.3 Å². The van der Waals surface area contributed by atoms with Gasteiger partial charge in [-0.05, 0) is 45.1 Å². The Morgan fingerprint density at radius 3 is 2.44 bits per heavy atom. The molecule has 1 fully saturated rings. The molecule has 4 heteroatoms. The Hall–Kier alpha value is -0.770. The molecule has 0 aliphatic heterocycles. The lowest BCUT2D eigenvalue weighted by molar-refractivity contribution is 0.00167. The van der Waals surface area contributed by atoms with E-state index in [-0.39, 0.29) is 17.6 Å². The summed E-state index contributed by atoms with van der Waals surface area (Å²) >= 11 is 0. The predicted octanol–water partition coefficient (Wildman–Crippen LogP) is 1.88. The first kappa shape index (κ1) is 13.3. The summed E-state index contributed by atoms with van der Waals surface area (Å²) in [4.78, 5) is 11.6. The van der Waals surface area contributed by atoms with Gasteiger partial charge in [0.15, 0.2) is 0 Å². The van der Waals surface area contributed by atoms with Crippen LogP contribution in [0.1, 0.15) is 41.0 Å². The van der Waals surface area contributed by atoms with Crippen molar-refractivity contribution in [1.82, 2.24) is 5.32 Å². The molecule has 1 aliphatic rings. The van der Waals surface area contributed by atoms with Crippen molar-refractivity contribution >= 4 is 6.09 Å². The fourth-order valence-electron chi connectivity index (χ4n) is 2.11. The van der Waals surface area contributed by atoms with E-state index in [1.165, 1.54) is 0 Å². The number of alkyl carbamates (subject to hydrolysis) is 1. The predicted molar refractivity (Wildman–Crippen MR) is 64.1 cm³/mol. The quantitative estimate of drug-likeness (QED) is 0.758. The highest BCUT2D eigenvalue weighted by atomic mass is 16.6. The molecular weight excluding hydrogens is 204 g/mol. The third-order valence-electron chi connectivity index (χ3n) is 3.45. The number of carbonyl (C=O) groups excluding carboxylic acids is 1. The van der Waals surface area contributed by atoms with Gasteiger partial charge in [-0.1, -0.05) is 13.8 Å². The zero-order chi connectivity index (χ0) is 12.6. The monoisotopic (exact) mass is 228 g/mol. The molecule has 0 heterocycles. The number of rotatable bonds is 2. The Kier molecular flexibility index (Phi) is 3.53. The highest BCUT2D eigenvalue weighted by molar-refractivity contribution is 5.68. The van der Waals surface area contributed by atoms with Crippen LogP contribution in [0.2, 0.25) is 0 Å². The van der Waals surface area contributed by atoms with E-state index in [1.54, 1.807) is 0 Å². The topological polar surface area (TPSA) is 64.3 Å². The zero-order valence-corrected chi connectivity index (χ0v) is 11.0. The van der Waals surface area contributed by atoms with Crippen molar-refractivity contribution in [3.05, 3.63) is 0 Å². The summed E-state index contributed by atoms with van der Waals surface area (Å²) in [6, 6.07) is 0.177. The average Bonchev–Trinajstić information content (AvgIpc) is 2.08. The van der Waals surface area contributed by atoms with Crippen molar-refractivity contribution in [2.45, 2.75) is 52.7 Å². The molecule has 4 nitrogen and oxygen atoms in total. The number of nitrogens with two attached hydrogens (primary N) is 1. The minimum absolute atomic E-state index is 0.0751. The number of amides is 1. The van der Waals surface area contributed by atoms with Crippen LogP contribution >= 0.6 is 0 Å². The van der Waals surface area contributed by atoms with Crippen LogP contribution in [-0.2, 0) is 4.74 Å². The Balaban J connectivity index is 2.43. The van der Waals surface area contributed by atoms with Gasteiger partial charge in [0.05, 0.1) is 0 Å². The summed E-state index contributed by atoms with van der Waals surface area (Å²) < 4.78 is 5.22. The van der Waals surface area contributed by atoms with E-state index >= 15 is 0 Å². The van der Waals surface area contributed by atoms with Crippen molar-refractivity contribution in [3.8, 4) is 0 Å². The second kappa shape index (κ2) is 4.24. The van der Waals surface area contributed by atoms with Gasteiger partial charge in [0.2, 0.25) is 0 Å². The van der Waals surface area contributed by atoms with Crippen LogP contribution in [0.4, 0.5) is 4.79 Å². The maximum atomic E-state index is 11.6. The van der Waals surface area contributed by atoms with Crippen LogP contribution in [0.3, 0.4) is 0 Å². The highest BCUT2D eigenvalue weighted by Gasteiger charge is 2.48. The molecule has 0 bridgehead atoms. The summed E-state index contributed by atoms with van der Waals surface area (Å²) in [5.74, 6) is 0.493. The van der Waals surface area contributed by atoms with Gasteiger partial charge in [-0.2, -0.15) is 0 Å². The summed E-state index contributed by atoms with van der Waals surface area (Å²) in [6.07, 6.45) is 0.615. The van der Waals surface area contributed by atoms with Gasteiger partial charge in [-0.3, -0.25) is 0 Å². The molecule has 0 aromatic heterocycles. The van der Waals surface area contributed by atoms with Gasteiger partial charge < -0.3 is 15.8 Å². The van der Waals surface area contributed by atoms with Crippen LogP contribution < -0.4 is 11.1 Å². The summed E-state index contributed by atoms with van der Waals surface area (Å²) in [7, 11) is 0. The van der Waals surface area contributed by atoms with Gasteiger partial charge in [0, 0.05) is 6.04 Å². The minimum atomic E-state index is -0.439. The van der Waals surface area contributed by atoms with E-state index in [2.05, 4.69) is 19.2 Å². The maximum absolute atomic E-state index is 11.6. The van der Waals surface area contributed by atoms with Gasteiger partial charge in [0.1, 0.15) is 5.60 Å². The molecule has 3 N–H and O–H groups in total. The van der Waals surface area contributed by atoms with Crippen molar-refractivity contribution in [1.29, 1.82) is 0 Å². The molecule has 2 atom stereocenters. The Labute approximate surface area is 97.9 Å². The van der Waals surface area contributed by atoms with E-state index in [0.29, 0.717) is 12.5 Å². The van der Waals surface area contributed by atoms with E-state index < -0.39 is 5.60 Å². The minimum Gasteiger partial charge on any atom is -0.444 e. The second-order valence-corrected chi connectivity index (χ2v) is 6.19. The number of hydrogen-bond donors (Lipinski definition) is 2. The molecule has 1 aliphatic carbocycles. The second-order valence-electron chi connectivity index (χ2n) is 6.19. The molecule has 1 saturated carbocycles. The van der Waals surface area contributed by atoms with Crippen molar-refractivity contribution in [2.24, 2.45) is 17.1 Å². The number of nitrogens with one attached hydrogen (secondary N) is 1. The molecule has 0 saturated heterocycles. The molecule has 94 valence electrons. The molecular formula is C12H24N2O2. The van der Waals surface area contributed by atoms with E-state index in [0.717, 1.165) is 6.42 Å². The first-order valence-corrected chi connectivity index (χ1v) is 5.86. The maximum Gasteiger partial charge on any atom is 0.407 e. The Morgan fingerprint density at radius 1 is 1.50 bits per heavy atom. The summed E-state index contributed by atoms with van der Waals surface area (Å²) in [5.41, 5.74) is 5.30. The molecule has 16 heavy (non-hydrogen) atoms. The molecule has 0 radical (unpaired) electrons. The van der Waals surface area contributed by atoms with Gasteiger partial charge in [-0.25, -0.2) is 4.79 Å². The van der Waals surface area contributed by atoms with Gasteiger partial charge in [0.25, 0.3) is 0 Å². The molecule has 0 aromatic rings. The van der Waals surface area contributed by atoms with Crippen LogP contribution in [-0.4, -0.2) is 24.3 Å². The summed E-state index contributed by atoms with van der Waals surface area (Å²) in [5, 5.41) is 2.91. The standard InChI is InChI=1S/C12H24N2O2/c1-11(2,3)16-10(15)14-9-6-8(7-13)12(9,4)5/h8-9H,6-7,13H2,1-5H3,(H,14,15). The van der Waals surface area contributed by atoms with Crippen LogP contribution in [0.25, 0.3) is 0 Å². The Morgan fingerprint density at radius 2 is 2.06 bits per heavy atom. The SMILES string of the molecule is CC(C)(C)OC(=O)NC1CC(CN)C1(C)C. The van der Waals surface area contributed by atoms with Crippen LogP contribution in [0.5, 0.6) is 0 Å². The average molecular weight is 228 g/mol. The third kappa shape index (κ3) is 2.88. The van der Waals surface area contributed by atoms with Crippen molar-refractivity contribution in [3.63, 3.8) is 0 Å². The lowest BCUT2D eigenvalue weighted by Crippen LogP contribution is -2.60. The van der Waals surface area contributed by atoms with Gasteiger partial charge >= 0.3 is 6.09 Å². The normalized spacial score (nSPS) is 28.1. The van der Waals surface area contributed by atoms with Crippen LogP contribution in [0.15, 0.2) is 0 Å². The number of hydrogen-bond acceptors (Lipinski definition) is 3. The zero-order valence-electron chi connectivity index (χ0n) is 11.0. The smallest absolute Gasteiger partial charge is 0.407 e.